The lowest BCUT2D eigenvalue weighted by atomic mass is 10.1. The van der Waals surface area contributed by atoms with Crippen molar-refractivity contribution < 1.29 is 0 Å². The van der Waals surface area contributed by atoms with E-state index in [1.54, 1.807) is 23.7 Å². The Morgan fingerprint density at radius 3 is 2.96 bits per heavy atom. The van der Waals surface area contributed by atoms with Crippen molar-refractivity contribution in [3.05, 3.63) is 62.7 Å². The maximum atomic E-state index is 12.4. The van der Waals surface area contributed by atoms with Gasteiger partial charge in [-0.1, -0.05) is 6.07 Å². The predicted molar refractivity (Wildman–Crippen MR) is 88.0 cm³/mol. The Labute approximate surface area is 136 Å². The Hall–Kier alpha value is -2.38. The zero-order valence-electron chi connectivity index (χ0n) is 12.4. The lowest BCUT2D eigenvalue weighted by Gasteiger charge is -2.27. The Morgan fingerprint density at radius 1 is 1.30 bits per heavy atom. The molecule has 116 valence electrons. The fourth-order valence-electron chi connectivity index (χ4n) is 2.80. The summed E-state index contributed by atoms with van der Waals surface area (Å²) in [6.07, 6.45) is 5.56. The molecule has 3 aromatic heterocycles. The highest BCUT2D eigenvalue weighted by atomic mass is 32.1. The van der Waals surface area contributed by atoms with Gasteiger partial charge in [-0.25, -0.2) is 15.0 Å². The van der Waals surface area contributed by atoms with E-state index in [0.29, 0.717) is 12.4 Å². The van der Waals surface area contributed by atoms with Crippen LogP contribution in [-0.2, 0) is 19.5 Å². The van der Waals surface area contributed by atoms with Crippen molar-refractivity contribution in [2.75, 3.05) is 6.54 Å². The summed E-state index contributed by atoms with van der Waals surface area (Å²) in [5.41, 5.74) is 2.32. The van der Waals surface area contributed by atoms with Gasteiger partial charge >= 0.3 is 0 Å². The molecule has 4 heterocycles. The highest BCUT2D eigenvalue weighted by Crippen LogP contribution is 2.20. The average molecular weight is 325 g/mol. The van der Waals surface area contributed by atoms with Crippen LogP contribution >= 0.6 is 11.3 Å². The van der Waals surface area contributed by atoms with Crippen molar-refractivity contribution in [2.24, 2.45) is 0 Å². The minimum Gasteiger partial charge on any atom is -0.306 e. The zero-order valence-corrected chi connectivity index (χ0v) is 13.2. The second-order valence-electron chi connectivity index (χ2n) is 5.51. The molecule has 0 atom stereocenters. The second-order valence-corrected chi connectivity index (χ2v) is 6.54. The van der Waals surface area contributed by atoms with Crippen LogP contribution in [0.5, 0.6) is 0 Å². The summed E-state index contributed by atoms with van der Waals surface area (Å²) in [7, 11) is 0. The van der Waals surface area contributed by atoms with Gasteiger partial charge in [-0.3, -0.25) is 9.69 Å². The summed E-state index contributed by atoms with van der Waals surface area (Å²) in [5, 5.41) is 2.08. The van der Waals surface area contributed by atoms with Crippen molar-refractivity contribution in [2.45, 2.75) is 19.5 Å². The Morgan fingerprint density at radius 2 is 2.17 bits per heavy atom. The fourth-order valence-corrected chi connectivity index (χ4v) is 3.54. The molecule has 0 aromatic carbocycles. The predicted octanol–water partition coefficient (Wildman–Crippen LogP) is 1.85. The van der Waals surface area contributed by atoms with E-state index in [2.05, 4.69) is 42.3 Å². The molecular formula is C16H15N5OS. The molecule has 1 aliphatic rings. The van der Waals surface area contributed by atoms with Gasteiger partial charge < -0.3 is 4.98 Å². The molecule has 7 heteroatoms. The van der Waals surface area contributed by atoms with Gasteiger partial charge in [0.05, 0.1) is 16.8 Å². The Balaban J connectivity index is 1.62. The maximum absolute atomic E-state index is 12.4. The van der Waals surface area contributed by atoms with Crippen LogP contribution in [0, 0.1) is 0 Å². The quantitative estimate of drug-likeness (QED) is 0.795. The summed E-state index contributed by atoms with van der Waals surface area (Å²) < 4.78 is 0. The highest BCUT2D eigenvalue weighted by Gasteiger charge is 2.21. The summed E-state index contributed by atoms with van der Waals surface area (Å²) >= 11 is 1.74. The summed E-state index contributed by atoms with van der Waals surface area (Å²) in [6, 6.07) is 4.18. The van der Waals surface area contributed by atoms with E-state index in [0.717, 1.165) is 36.3 Å². The van der Waals surface area contributed by atoms with Gasteiger partial charge in [0.1, 0.15) is 12.2 Å². The minimum atomic E-state index is -0.0651. The summed E-state index contributed by atoms with van der Waals surface area (Å²) in [4.78, 5) is 31.5. The Bertz CT molecular complexity index is 860. The maximum Gasteiger partial charge on any atom is 0.255 e. The molecule has 3 aromatic rings. The molecule has 1 N–H and O–H groups in total. The fraction of sp³-hybridized carbons (Fsp3) is 0.250. The van der Waals surface area contributed by atoms with E-state index < -0.39 is 0 Å². The van der Waals surface area contributed by atoms with Gasteiger partial charge in [-0.05, 0) is 11.4 Å². The third kappa shape index (κ3) is 2.93. The molecule has 0 aliphatic carbocycles. The van der Waals surface area contributed by atoms with Crippen molar-refractivity contribution in [3.8, 4) is 11.4 Å². The van der Waals surface area contributed by atoms with Crippen LogP contribution in [0.3, 0.4) is 0 Å². The average Bonchev–Trinajstić information content (AvgIpc) is 3.09. The smallest absolute Gasteiger partial charge is 0.255 e. The van der Waals surface area contributed by atoms with Gasteiger partial charge in [-0.2, -0.15) is 0 Å². The molecule has 0 radical (unpaired) electrons. The van der Waals surface area contributed by atoms with Crippen LogP contribution in [0.25, 0.3) is 11.4 Å². The Kier molecular flexibility index (Phi) is 3.72. The van der Waals surface area contributed by atoms with Crippen molar-refractivity contribution >= 4 is 11.3 Å². The van der Waals surface area contributed by atoms with E-state index >= 15 is 0 Å². The number of hydrogen-bond acceptors (Lipinski definition) is 6. The number of aromatic nitrogens is 4. The first-order valence-electron chi connectivity index (χ1n) is 7.42. The number of nitrogens with zero attached hydrogens (tertiary/aromatic N) is 4. The van der Waals surface area contributed by atoms with E-state index in [1.807, 2.05) is 0 Å². The third-order valence-corrected chi connectivity index (χ3v) is 4.80. The standard InChI is InChI=1S/C16H15N5OS/c22-16-13-9-21(8-12-2-1-5-23-12)4-3-14(13)19-15(20-16)11-6-17-10-18-7-11/h1-2,5-7,10H,3-4,8-9H2,(H,19,20,22). The molecule has 0 saturated heterocycles. The number of rotatable bonds is 3. The highest BCUT2D eigenvalue weighted by molar-refractivity contribution is 7.09. The van der Waals surface area contributed by atoms with Crippen LogP contribution in [0.2, 0.25) is 0 Å². The molecule has 1 aliphatic heterocycles. The van der Waals surface area contributed by atoms with E-state index in [-0.39, 0.29) is 5.56 Å². The number of hydrogen-bond donors (Lipinski definition) is 1. The van der Waals surface area contributed by atoms with Crippen LogP contribution in [0.4, 0.5) is 0 Å². The molecule has 0 amide bonds. The zero-order chi connectivity index (χ0) is 15.6. The van der Waals surface area contributed by atoms with E-state index in [4.69, 9.17) is 0 Å². The van der Waals surface area contributed by atoms with Crippen LogP contribution < -0.4 is 5.56 Å². The van der Waals surface area contributed by atoms with Gasteiger partial charge in [-0.15, -0.1) is 11.3 Å². The van der Waals surface area contributed by atoms with Gasteiger partial charge in [0.25, 0.3) is 5.56 Å². The molecule has 0 spiro atoms. The van der Waals surface area contributed by atoms with E-state index in [1.165, 1.54) is 11.2 Å². The monoisotopic (exact) mass is 325 g/mol. The first kappa shape index (κ1) is 14.2. The lowest BCUT2D eigenvalue weighted by Crippen LogP contribution is -2.35. The third-order valence-electron chi connectivity index (χ3n) is 3.94. The molecule has 23 heavy (non-hydrogen) atoms. The summed E-state index contributed by atoms with van der Waals surface area (Å²) in [5.74, 6) is 0.543. The summed E-state index contributed by atoms with van der Waals surface area (Å²) in [6.45, 7) is 2.43. The molecule has 0 bridgehead atoms. The SMILES string of the molecule is O=c1[nH]c(-c2cncnc2)nc2c1CN(Cc1cccs1)CC2. The number of H-pyrrole nitrogens is 1. The van der Waals surface area contributed by atoms with Crippen molar-refractivity contribution in [1.29, 1.82) is 0 Å². The first-order chi connectivity index (χ1) is 11.3. The van der Waals surface area contributed by atoms with Gasteiger partial charge in [0, 0.05) is 43.3 Å². The van der Waals surface area contributed by atoms with Gasteiger partial charge in [0.15, 0.2) is 0 Å². The van der Waals surface area contributed by atoms with Crippen LogP contribution in [0.1, 0.15) is 16.1 Å². The van der Waals surface area contributed by atoms with E-state index in [9.17, 15) is 4.79 Å². The number of thiophene rings is 1. The lowest BCUT2D eigenvalue weighted by molar-refractivity contribution is 0.244. The molecule has 4 rings (SSSR count). The number of nitrogens with one attached hydrogen (secondary N) is 1. The van der Waals surface area contributed by atoms with Crippen molar-refractivity contribution in [1.82, 2.24) is 24.8 Å². The molecule has 0 saturated carbocycles. The number of aromatic amines is 1. The minimum absolute atomic E-state index is 0.0651. The molecule has 0 fully saturated rings. The van der Waals surface area contributed by atoms with Crippen LogP contribution in [-0.4, -0.2) is 31.4 Å². The van der Waals surface area contributed by atoms with Crippen LogP contribution in [0.15, 0.2) is 41.0 Å². The molecule has 6 nitrogen and oxygen atoms in total. The molecule has 0 unspecified atom stereocenters. The largest absolute Gasteiger partial charge is 0.306 e. The van der Waals surface area contributed by atoms with Gasteiger partial charge in [0.2, 0.25) is 0 Å². The topological polar surface area (TPSA) is 74.8 Å². The molecular weight excluding hydrogens is 310 g/mol. The second kappa shape index (κ2) is 6.02. The number of fused-ring (bicyclic) bond motifs is 1. The van der Waals surface area contributed by atoms with Crippen molar-refractivity contribution in [3.63, 3.8) is 0 Å². The first-order valence-corrected chi connectivity index (χ1v) is 8.30. The normalized spacial score (nSPS) is 14.6.